The van der Waals surface area contributed by atoms with Crippen LogP contribution in [0.5, 0.6) is 0 Å². The van der Waals surface area contributed by atoms with Crippen LogP contribution in [0.3, 0.4) is 0 Å². The Kier molecular flexibility index (Phi) is 4.59. The van der Waals surface area contributed by atoms with Gasteiger partial charge in [-0.2, -0.15) is 0 Å². The zero-order valence-electron chi connectivity index (χ0n) is 11.6. The van der Waals surface area contributed by atoms with Crippen LogP contribution < -0.4 is 10.5 Å². The molecule has 0 amide bonds. The van der Waals surface area contributed by atoms with E-state index in [4.69, 9.17) is 5.73 Å². The van der Waals surface area contributed by atoms with E-state index < -0.39 is 15.8 Å². The molecule has 2 rings (SSSR count). The van der Waals surface area contributed by atoms with E-state index in [9.17, 15) is 12.8 Å². The average molecular weight is 308 g/mol. The first-order chi connectivity index (χ1) is 9.94. The van der Waals surface area contributed by atoms with Crippen molar-refractivity contribution >= 4 is 15.7 Å². The second-order valence-electron chi connectivity index (χ2n) is 4.67. The second kappa shape index (κ2) is 6.24. The number of anilines is 1. The first kappa shape index (κ1) is 15.5. The van der Waals surface area contributed by atoms with Gasteiger partial charge in [-0.05, 0) is 30.2 Å². The van der Waals surface area contributed by atoms with Gasteiger partial charge in [-0.3, -0.25) is 0 Å². The third-order valence-corrected chi connectivity index (χ3v) is 4.71. The predicted molar refractivity (Wildman–Crippen MR) is 80.6 cm³/mol. The molecular formula is C15H17FN2O2S. The van der Waals surface area contributed by atoms with E-state index in [1.807, 2.05) is 37.3 Å². The van der Waals surface area contributed by atoms with Crippen molar-refractivity contribution in [3.8, 4) is 0 Å². The minimum atomic E-state index is -3.81. The van der Waals surface area contributed by atoms with E-state index in [-0.39, 0.29) is 16.6 Å². The molecule has 0 fully saturated rings. The lowest BCUT2D eigenvalue weighted by molar-refractivity contribution is 0.550. The van der Waals surface area contributed by atoms with Crippen LogP contribution in [0.25, 0.3) is 0 Å². The molecule has 0 bridgehead atoms. The van der Waals surface area contributed by atoms with Crippen LogP contribution >= 0.6 is 0 Å². The second-order valence-corrected chi connectivity index (χ2v) is 6.36. The zero-order valence-corrected chi connectivity index (χ0v) is 12.4. The molecule has 21 heavy (non-hydrogen) atoms. The number of sulfonamides is 1. The first-order valence-electron chi connectivity index (χ1n) is 6.56. The summed E-state index contributed by atoms with van der Waals surface area (Å²) in [7, 11) is -3.81. The van der Waals surface area contributed by atoms with Crippen LogP contribution in [0.2, 0.25) is 0 Å². The Morgan fingerprint density at radius 3 is 2.43 bits per heavy atom. The fraction of sp³-hybridized carbons (Fsp3) is 0.200. The maximum atomic E-state index is 13.0. The number of halogens is 1. The van der Waals surface area contributed by atoms with Crippen molar-refractivity contribution in [3.63, 3.8) is 0 Å². The summed E-state index contributed by atoms with van der Waals surface area (Å²) in [6, 6.07) is 12.1. The molecule has 3 N–H and O–H groups in total. The summed E-state index contributed by atoms with van der Waals surface area (Å²) in [6.07, 6.45) is 0.588. The molecule has 0 aromatic heterocycles. The predicted octanol–water partition coefficient (Wildman–Crippen LogP) is 2.84. The molecule has 0 aliphatic rings. The largest absolute Gasteiger partial charge is 0.398 e. The van der Waals surface area contributed by atoms with Gasteiger partial charge in [0.15, 0.2) is 0 Å². The number of nitrogens with one attached hydrogen (secondary N) is 1. The van der Waals surface area contributed by atoms with Crippen molar-refractivity contribution in [2.45, 2.75) is 24.3 Å². The molecule has 6 heteroatoms. The Hall–Kier alpha value is -1.92. The van der Waals surface area contributed by atoms with Gasteiger partial charge in [0.25, 0.3) is 0 Å². The third-order valence-electron chi connectivity index (χ3n) is 3.17. The van der Waals surface area contributed by atoms with Crippen LogP contribution in [-0.4, -0.2) is 8.42 Å². The maximum absolute atomic E-state index is 13.0. The van der Waals surface area contributed by atoms with E-state index in [0.717, 1.165) is 17.7 Å². The quantitative estimate of drug-likeness (QED) is 0.834. The molecule has 2 aromatic rings. The Labute approximate surface area is 123 Å². The molecular weight excluding hydrogens is 291 g/mol. The van der Waals surface area contributed by atoms with Crippen LogP contribution in [0.15, 0.2) is 53.4 Å². The molecule has 2 aromatic carbocycles. The van der Waals surface area contributed by atoms with Crippen molar-refractivity contribution in [1.82, 2.24) is 4.72 Å². The average Bonchev–Trinajstić information content (AvgIpc) is 2.45. The van der Waals surface area contributed by atoms with Gasteiger partial charge in [-0.25, -0.2) is 17.5 Å². The standard InChI is InChI=1S/C15H17FN2O2S/c1-2-14(11-6-4-3-5-7-11)18-21(19,20)15-9-8-12(16)10-13(15)17/h3-10,14,18H,2,17H2,1H3. The van der Waals surface area contributed by atoms with Gasteiger partial charge in [-0.1, -0.05) is 37.3 Å². The molecule has 0 saturated heterocycles. The topological polar surface area (TPSA) is 72.2 Å². The maximum Gasteiger partial charge on any atom is 0.243 e. The minimum Gasteiger partial charge on any atom is -0.398 e. The molecule has 1 atom stereocenters. The van der Waals surface area contributed by atoms with Crippen LogP contribution in [0.1, 0.15) is 24.9 Å². The number of hydrogen-bond acceptors (Lipinski definition) is 3. The summed E-state index contributed by atoms with van der Waals surface area (Å²) >= 11 is 0. The number of benzene rings is 2. The third kappa shape index (κ3) is 3.59. The highest BCUT2D eigenvalue weighted by Gasteiger charge is 2.22. The lowest BCUT2D eigenvalue weighted by Gasteiger charge is -2.18. The van der Waals surface area contributed by atoms with Crippen molar-refractivity contribution in [1.29, 1.82) is 0 Å². The summed E-state index contributed by atoms with van der Waals surface area (Å²) < 4.78 is 40.4. The molecule has 0 radical (unpaired) electrons. The number of nitrogens with two attached hydrogens (primary N) is 1. The van der Waals surface area contributed by atoms with E-state index in [1.54, 1.807) is 0 Å². The summed E-state index contributed by atoms with van der Waals surface area (Å²) in [4.78, 5) is -0.113. The van der Waals surface area contributed by atoms with E-state index in [1.165, 1.54) is 6.07 Å². The lowest BCUT2D eigenvalue weighted by atomic mass is 10.1. The number of nitrogen functional groups attached to an aromatic ring is 1. The lowest BCUT2D eigenvalue weighted by Crippen LogP contribution is -2.29. The van der Waals surface area contributed by atoms with E-state index in [2.05, 4.69) is 4.72 Å². The van der Waals surface area contributed by atoms with Crippen LogP contribution in [0.4, 0.5) is 10.1 Å². The Bertz CT molecular complexity index is 718. The monoisotopic (exact) mass is 308 g/mol. The summed E-state index contributed by atoms with van der Waals surface area (Å²) in [5.74, 6) is -0.568. The van der Waals surface area contributed by atoms with Crippen molar-refractivity contribution in [2.75, 3.05) is 5.73 Å². The molecule has 0 spiro atoms. The Morgan fingerprint density at radius 2 is 1.86 bits per heavy atom. The molecule has 0 aliphatic carbocycles. The highest BCUT2D eigenvalue weighted by atomic mass is 32.2. The number of rotatable bonds is 5. The van der Waals surface area contributed by atoms with Gasteiger partial charge in [-0.15, -0.1) is 0 Å². The molecule has 112 valence electrons. The molecule has 0 aliphatic heterocycles. The molecule has 0 saturated carbocycles. The van der Waals surface area contributed by atoms with Crippen molar-refractivity contribution in [3.05, 3.63) is 59.9 Å². The van der Waals surface area contributed by atoms with Crippen LogP contribution in [0, 0.1) is 5.82 Å². The van der Waals surface area contributed by atoms with E-state index >= 15 is 0 Å². The van der Waals surface area contributed by atoms with Gasteiger partial charge >= 0.3 is 0 Å². The van der Waals surface area contributed by atoms with Gasteiger partial charge in [0.1, 0.15) is 10.7 Å². The van der Waals surface area contributed by atoms with Gasteiger partial charge < -0.3 is 5.73 Å². The fourth-order valence-electron chi connectivity index (χ4n) is 2.09. The highest BCUT2D eigenvalue weighted by Crippen LogP contribution is 2.23. The number of hydrogen-bond donors (Lipinski definition) is 2. The molecule has 1 unspecified atom stereocenters. The smallest absolute Gasteiger partial charge is 0.243 e. The first-order valence-corrected chi connectivity index (χ1v) is 8.04. The van der Waals surface area contributed by atoms with Gasteiger partial charge in [0.05, 0.1) is 5.69 Å². The summed E-state index contributed by atoms with van der Waals surface area (Å²) in [5.41, 5.74) is 6.36. The Balaban J connectivity index is 2.32. The molecule has 0 heterocycles. The van der Waals surface area contributed by atoms with Crippen LogP contribution in [-0.2, 0) is 10.0 Å². The summed E-state index contributed by atoms with van der Waals surface area (Å²) in [6.45, 7) is 1.88. The van der Waals surface area contributed by atoms with Gasteiger partial charge in [0.2, 0.25) is 10.0 Å². The van der Waals surface area contributed by atoms with Crippen molar-refractivity contribution in [2.24, 2.45) is 0 Å². The fourth-order valence-corrected chi connectivity index (χ4v) is 3.51. The highest BCUT2D eigenvalue weighted by molar-refractivity contribution is 7.89. The summed E-state index contributed by atoms with van der Waals surface area (Å²) in [5, 5.41) is 0. The zero-order chi connectivity index (χ0) is 15.5. The van der Waals surface area contributed by atoms with Gasteiger partial charge in [0, 0.05) is 6.04 Å². The Morgan fingerprint density at radius 1 is 1.19 bits per heavy atom. The SMILES string of the molecule is CCC(NS(=O)(=O)c1ccc(F)cc1N)c1ccccc1. The normalized spacial score (nSPS) is 13.0. The van der Waals surface area contributed by atoms with Crippen molar-refractivity contribution < 1.29 is 12.8 Å². The van der Waals surface area contributed by atoms with E-state index in [0.29, 0.717) is 6.42 Å². The molecule has 4 nitrogen and oxygen atoms in total. The minimum absolute atomic E-state index is 0.106.